The first-order valence-electron chi connectivity index (χ1n) is 10.5. The molecule has 0 aromatic heterocycles. The second kappa shape index (κ2) is 12.1. The number of hydrogen-bond donors (Lipinski definition) is 2. The minimum absolute atomic E-state index is 0. The van der Waals surface area contributed by atoms with Crippen molar-refractivity contribution in [2.24, 2.45) is 10.4 Å². The molecule has 158 valence electrons. The van der Waals surface area contributed by atoms with E-state index < -0.39 is 0 Å². The third-order valence-corrected chi connectivity index (χ3v) is 6.18. The van der Waals surface area contributed by atoms with Crippen molar-refractivity contribution in [1.29, 1.82) is 0 Å². The van der Waals surface area contributed by atoms with E-state index in [9.17, 15) is 4.79 Å². The summed E-state index contributed by atoms with van der Waals surface area (Å²) >= 11 is 0. The monoisotopic (exact) mass is 494 g/mol. The molecule has 1 amide bonds. The Hall–Kier alpha value is -0.570. The van der Waals surface area contributed by atoms with Crippen LogP contribution in [0.25, 0.3) is 0 Å². The molecular weight excluding hydrogens is 455 g/mol. The van der Waals surface area contributed by atoms with Gasteiger partial charge in [-0.1, -0.05) is 13.8 Å². The molecule has 0 spiro atoms. The topological polar surface area (TPSA) is 66.0 Å². The Morgan fingerprint density at radius 3 is 2.41 bits per heavy atom. The highest BCUT2D eigenvalue weighted by Gasteiger charge is 2.53. The number of carbonyl (C=O) groups is 1. The van der Waals surface area contributed by atoms with E-state index in [4.69, 9.17) is 4.74 Å². The van der Waals surface area contributed by atoms with Gasteiger partial charge in [0.15, 0.2) is 5.96 Å². The van der Waals surface area contributed by atoms with Gasteiger partial charge >= 0.3 is 0 Å². The molecule has 2 aliphatic rings. The number of likely N-dealkylation sites (tertiary alicyclic amines) is 1. The fourth-order valence-corrected chi connectivity index (χ4v) is 4.46. The Balaban J connectivity index is 0.00000364. The van der Waals surface area contributed by atoms with Crippen LogP contribution in [-0.2, 0) is 9.53 Å². The summed E-state index contributed by atoms with van der Waals surface area (Å²) in [7, 11) is 0. The maximum Gasteiger partial charge on any atom is 0.224 e. The van der Waals surface area contributed by atoms with E-state index >= 15 is 0 Å². The summed E-state index contributed by atoms with van der Waals surface area (Å²) in [5, 5.41) is 6.94. The lowest BCUT2D eigenvalue weighted by Crippen LogP contribution is -2.65. The van der Waals surface area contributed by atoms with Crippen LogP contribution in [0.2, 0.25) is 0 Å². The zero-order valence-electron chi connectivity index (χ0n) is 17.6. The maximum absolute atomic E-state index is 12.2. The number of aliphatic imine (C=N–C) groups is 1. The molecular formula is C20H39IN4O2. The number of amides is 1. The quantitative estimate of drug-likeness (QED) is 0.294. The zero-order valence-corrected chi connectivity index (χ0v) is 19.9. The first-order chi connectivity index (χ1) is 12.6. The maximum atomic E-state index is 12.2. The average molecular weight is 494 g/mol. The average Bonchev–Trinajstić information content (AvgIpc) is 3.16. The van der Waals surface area contributed by atoms with Crippen molar-refractivity contribution in [3.8, 4) is 0 Å². The Morgan fingerprint density at radius 2 is 1.85 bits per heavy atom. The lowest BCUT2D eigenvalue weighted by molar-refractivity contribution is -0.133. The van der Waals surface area contributed by atoms with Crippen LogP contribution in [0.15, 0.2) is 4.99 Å². The Morgan fingerprint density at radius 1 is 1.19 bits per heavy atom. The van der Waals surface area contributed by atoms with Crippen LogP contribution in [0.3, 0.4) is 0 Å². The number of carbonyl (C=O) groups excluding carboxylic acids is 1. The summed E-state index contributed by atoms with van der Waals surface area (Å²) in [6.45, 7) is 12.6. The number of rotatable bonds is 9. The van der Waals surface area contributed by atoms with Crippen LogP contribution < -0.4 is 10.6 Å². The number of nitrogens with one attached hydrogen (secondary N) is 2. The summed E-state index contributed by atoms with van der Waals surface area (Å²) in [5.74, 6) is 1.06. The summed E-state index contributed by atoms with van der Waals surface area (Å²) in [5.41, 5.74) is 0.178. The van der Waals surface area contributed by atoms with Crippen molar-refractivity contribution >= 4 is 35.8 Å². The molecule has 0 aromatic rings. The smallest absolute Gasteiger partial charge is 0.224 e. The second-order valence-corrected chi connectivity index (χ2v) is 7.42. The third kappa shape index (κ3) is 5.95. The standard InChI is InChI=1S/C20H38N4O2.HI/c1-5-20(6-2)16(15-17(20)26-8-4)23-19(21-7-3)22-12-11-18(25)24-13-9-10-14-24;/h16-17H,5-15H2,1-4H3,(H2,21,22,23);1H. The van der Waals surface area contributed by atoms with Crippen molar-refractivity contribution in [2.75, 3.05) is 32.8 Å². The molecule has 1 saturated carbocycles. The number of hydrogen-bond acceptors (Lipinski definition) is 3. The molecule has 27 heavy (non-hydrogen) atoms. The molecule has 1 aliphatic carbocycles. The summed E-state index contributed by atoms with van der Waals surface area (Å²) in [4.78, 5) is 18.8. The van der Waals surface area contributed by atoms with Crippen molar-refractivity contribution in [3.05, 3.63) is 0 Å². The number of ether oxygens (including phenoxy) is 1. The highest BCUT2D eigenvalue weighted by molar-refractivity contribution is 14.0. The Kier molecular flexibility index (Phi) is 11.0. The van der Waals surface area contributed by atoms with E-state index in [1.165, 1.54) is 0 Å². The molecule has 0 bridgehead atoms. The molecule has 1 saturated heterocycles. The third-order valence-electron chi connectivity index (χ3n) is 6.18. The predicted octanol–water partition coefficient (Wildman–Crippen LogP) is 3.16. The summed E-state index contributed by atoms with van der Waals surface area (Å²) < 4.78 is 5.97. The van der Waals surface area contributed by atoms with Gasteiger partial charge < -0.3 is 20.3 Å². The van der Waals surface area contributed by atoms with Gasteiger partial charge in [0.25, 0.3) is 0 Å². The largest absolute Gasteiger partial charge is 0.378 e. The fourth-order valence-electron chi connectivity index (χ4n) is 4.46. The van der Waals surface area contributed by atoms with Gasteiger partial charge in [-0.3, -0.25) is 9.79 Å². The van der Waals surface area contributed by atoms with Crippen LogP contribution in [0.5, 0.6) is 0 Å². The molecule has 2 unspecified atom stereocenters. The van der Waals surface area contributed by atoms with Gasteiger partial charge in [-0.2, -0.15) is 0 Å². The minimum atomic E-state index is 0. The number of halogens is 1. The highest BCUT2D eigenvalue weighted by atomic mass is 127. The molecule has 1 heterocycles. The zero-order chi connectivity index (χ0) is 19.0. The van der Waals surface area contributed by atoms with Crippen LogP contribution in [0.1, 0.15) is 66.2 Å². The summed E-state index contributed by atoms with van der Waals surface area (Å²) in [6.07, 6.45) is 6.31. The summed E-state index contributed by atoms with van der Waals surface area (Å²) in [6, 6.07) is 0.376. The Bertz CT molecular complexity index is 477. The first-order valence-corrected chi connectivity index (χ1v) is 10.5. The molecule has 0 radical (unpaired) electrons. The minimum Gasteiger partial charge on any atom is -0.378 e. The van der Waals surface area contributed by atoms with Gasteiger partial charge in [0, 0.05) is 44.1 Å². The molecule has 6 nitrogen and oxygen atoms in total. The van der Waals surface area contributed by atoms with Crippen molar-refractivity contribution in [2.45, 2.75) is 78.4 Å². The van der Waals surface area contributed by atoms with Gasteiger partial charge in [-0.05, 0) is 46.0 Å². The lowest BCUT2D eigenvalue weighted by Gasteiger charge is -2.55. The van der Waals surface area contributed by atoms with Gasteiger partial charge in [0.1, 0.15) is 0 Å². The van der Waals surface area contributed by atoms with Crippen molar-refractivity contribution in [3.63, 3.8) is 0 Å². The fraction of sp³-hybridized carbons (Fsp3) is 0.900. The molecule has 2 fully saturated rings. The second-order valence-electron chi connectivity index (χ2n) is 7.42. The van der Waals surface area contributed by atoms with E-state index in [0.717, 1.165) is 64.3 Å². The first kappa shape index (κ1) is 24.5. The van der Waals surface area contributed by atoms with Crippen molar-refractivity contribution in [1.82, 2.24) is 15.5 Å². The molecule has 2 N–H and O–H groups in total. The lowest BCUT2D eigenvalue weighted by atomic mass is 9.58. The SMILES string of the molecule is CCNC(=NCCC(=O)N1CCCC1)NC1CC(OCC)C1(CC)CC.I. The van der Waals surface area contributed by atoms with Crippen molar-refractivity contribution < 1.29 is 9.53 Å². The molecule has 1 aliphatic heterocycles. The van der Waals surface area contributed by atoms with E-state index in [0.29, 0.717) is 25.1 Å². The Labute approximate surface area is 182 Å². The van der Waals surface area contributed by atoms with Crippen LogP contribution >= 0.6 is 24.0 Å². The molecule has 2 atom stereocenters. The molecule has 2 rings (SSSR count). The van der Waals surface area contributed by atoms with Crippen LogP contribution in [0.4, 0.5) is 0 Å². The van der Waals surface area contributed by atoms with E-state index in [1.807, 2.05) is 4.90 Å². The van der Waals surface area contributed by atoms with Crippen LogP contribution in [0, 0.1) is 5.41 Å². The van der Waals surface area contributed by atoms with E-state index in [1.54, 1.807) is 0 Å². The van der Waals surface area contributed by atoms with Gasteiger partial charge in [-0.15, -0.1) is 24.0 Å². The highest BCUT2D eigenvalue weighted by Crippen LogP contribution is 2.48. The van der Waals surface area contributed by atoms with Gasteiger partial charge in [0.2, 0.25) is 5.91 Å². The van der Waals surface area contributed by atoms with E-state index in [2.05, 4.69) is 43.3 Å². The van der Waals surface area contributed by atoms with Gasteiger partial charge in [-0.25, -0.2) is 0 Å². The van der Waals surface area contributed by atoms with E-state index in [-0.39, 0.29) is 35.3 Å². The number of guanidine groups is 1. The molecule has 0 aromatic carbocycles. The number of nitrogens with zero attached hydrogens (tertiary/aromatic N) is 2. The normalized spacial score (nSPS) is 24.1. The van der Waals surface area contributed by atoms with Gasteiger partial charge in [0.05, 0.1) is 12.6 Å². The predicted molar refractivity (Wildman–Crippen MR) is 122 cm³/mol. The molecule has 7 heteroatoms. The van der Waals surface area contributed by atoms with Crippen LogP contribution in [-0.4, -0.2) is 61.7 Å².